The summed E-state index contributed by atoms with van der Waals surface area (Å²) in [6.07, 6.45) is 0. The topological polar surface area (TPSA) is 89.7 Å². The Hall–Kier alpha value is -1.60. The smallest absolute Gasteiger partial charge is 0.373 e. The lowest BCUT2D eigenvalue weighted by Crippen LogP contribution is -2.23. The molecule has 0 unspecified atom stereocenters. The number of nitro groups is 1. The maximum atomic E-state index is 11.5. The minimum atomic E-state index is -0.627. The summed E-state index contributed by atoms with van der Waals surface area (Å²) in [5.74, 6) is 0.229. The summed E-state index contributed by atoms with van der Waals surface area (Å²) in [5.41, 5.74) is -0.0712. The molecule has 0 bridgehead atoms. The van der Waals surface area contributed by atoms with Crippen molar-refractivity contribution in [2.24, 2.45) is 0 Å². The predicted molar refractivity (Wildman–Crippen MR) is 67.9 cm³/mol. The second-order valence-electron chi connectivity index (χ2n) is 4.12. The molecule has 0 radical (unpaired) electrons. The van der Waals surface area contributed by atoms with Crippen molar-refractivity contribution in [1.29, 1.82) is 0 Å². The predicted octanol–water partition coefficient (Wildman–Crippen LogP) is 2.60. The standard InChI is InChI=1S/C11H13NO5S/c1-11(2,7-13)18-10(14)17-9-5-3-8(4-6-9)12(15)16/h3-6,13H,7H2,1-2H3. The number of benzene rings is 1. The van der Waals surface area contributed by atoms with Crippen molar-refractivity contribution in [1.82, 2.24) is 0 Å². The van der Waals surface area contributed by atoms with Gasteiger partial charge in [0, 0.05) is 16.9 Å². The van der Waals surface area contributed by atoms with E-state index in [2.05, 4.69) is 0 Å². The second-order valence-corrected chi connectivity index (χ2v) is 5.77. The van der Waals surface area contributed by atoms with Gasteiger partial charge in [0.25, 0.3) is 5.69 Å². The molecule has 6 nitrogen and oxygen atoms in total. The van der Waals surface area contributed by atoms with Crippen LogP contribution in [0.3, 0.4) is 0 Å². The van der Waals surface area contributed by atoms with Gasteiger partial charge in [0.05, 0.1) is 11.5 Å². The summed E-state index contributed by atoms with van der Waals surface area (Å²) in [4.78, 5) is 21.4. The number of rotatable bonds is 4. The van der Waals surface area contributed by atoms with Crippen molar-refractivity contribution in [3.05, 3.63) is 34.4 Å². The first kappa shape index (κ1) is 14.5. The molecule has 0 fully saturated rings. The minimum Gasteiger partial charge on any atom is -0.418 e. The molecule has 7 heteroatoms. The highest BCUT2D eigenvalue weighted by Crippen LogP contribution is 2.27. The fourth-order valence-electron chi connectivity index (χ4n) is 1.01. The van der Waals surface area contributed by atoms with E-state index in [9.17, 15) is 14.9 Å². The fraction of sp³-hybridized carbons (Fsp3) is 0.364. The van der Waals surface area contributed by atoms with Crippen LogP contribution in [-0.4, -0.2) is 26.7 Å². The van der Waals surface area contributed by atoms with Gasteiger partial charge in [-0.3, -0.25) is 10.1 Å². The highest BCUT2D eigenvalue weighted by Gasteiger charge is 2.23. The van der Waals surface area contributed by atoms with Gasteiger partial charge in [0.1, 0.15) is 5.75 Å². The number of aliphatic hydroxyl groups excluding tert-OH is 1. The van der Waals surface area contributed by atoms with Crippen molar-refractivity contribution in [2.45, 2.75) is 18.6 Å². The van der Waals surface area contributed by atoms with Crippen LogP contribution in [0.1, 0.15) is 13.8 Å². The summed E-state index contributed by atoms with van der Waals surface area (Å²) in [6, 6.07) is 5.21. The van der Waals surface area contributed by atoms with Crippen molar-refractivity contribution in [3.8, 4) is 5.75 Å². The molecule has 0 aliphatic carbocycles. The number of ether oxygens (including phenoxy) is 1. The van der Waals surface area contributed by atoms with E-state index in [1.807, 2.05) is 0 Å². The van der Waals surface area contributed by atoms with Crippen molar-refractivity contribution in [2.75, 3.05) is 6.61 Å². The first-order valence-electron chi connectivity index (χ1n) is 5.10. The number of carbonyl (C=O) groups excluding carboxylic acids is 1. The van der Waals surface area contributed by atoms with Crippen LogP contribution in [0.2, 0.25) is 0 Å². The Morgan fingerprint density at radius 3 is 2.44 bits per heavy atom. The molecule has 1 rings (SSSR count). The van der Waals surface area contributed by atoms with E-state index in [0.29, 0.717) is 0 Å². The molecule has 1 aromatic carbocycles. The summed E-state index contributed by atoms with van der Waals surface area (Å²) >= 11 is 0.862. The summed E-state index contributed by atoms with van der Waals surface area (Å²) < 4.78 is 4.35. The Labute approximate surface area is 108 Å². The fourth-order valence-corrected chi connectivity index (χ4v) is 1.66. The van der Waals surface area contributed by atoms with Gasteiger partial charge in [-0.25, -0.2) is 4.79 Å². The van der Waals surface area contributed by atoms with E-state index in [-0.39, 0.29) is 18.0 Å². The molecule has 0 atom stereocenters. The number of nitrogens with zero attached hydrogens (tertiary/aromatic N) is 1. The second kappa shape index (κ2) is 5.83. The molecule has 0 amide bonds. The Bertz CT molecular complexity index is 443. The van der Waals surface area contributed by atoms with E-state index < -0.39 is 15.0 Å². The molecular weight excluding hydrogens is 258 g/mol. The van der Waals surface area contributed by atoms with Crippen molar-refractivity contribution >= 4 is 22.8 Å². The molecule has 0 spiro atoms. The zero-order chi connectivity index (χ0) is 13.8. The van der Waals surface area contributed by atoms with Gasteiger partial charge in [-0.05, 0) is 37.7 Å². The monoisotopic (exact) mass is 271 g/mol. The summed E-state index contributed by atoms with van der Waals surface area (Å²) in [7, 11) is 0. The molecule has 0 saturated heterocycles. The van der Waals surface area contributed by atoms with Crippen LogP contribution in [0.5, 0.6) is 5.75 Å². The number of thioether (sulfide) groups is 1. The van der Waals surface area contributed by atoms with Gasteiger partial charge in [0.2, 0.25) is 0 Å². The lowest BCUT2D eigenvalue weighted by atomic mass is 10.2. The van der Waals surface area contributed by atoms with E-state index in [1.54, 1.807) is 13.8 Å². The quantitative estimate of drug-likeness (QED) is 0.514. The molecular formula is C11H13NO5S. The van der Waals surface area contributed by atoms with Crippen LogP contribution in [0.4, 0.5) is 10.5 Å². The number of hydrogen-bond donors (Lipinski definition) is 1. The molecule has 0 aliphatic rings. The van der Waals surface area contributed by atoms with Crippen LogP contribution < -0.4 is 4.74 Å². The third kappa shape index (κ3) is 4.34. The van der Waals surface area contributed by atoms with Crippen LogP contribution in [0, 0.1) is 10.1 Å². The SMILES string of the molecule is CC(C)(CO)SC(=O)Oc1ccc([N+](=O)[O-])cc1. The van der Waals surface area contributed by atoms with E-state index in [4.69, 9.17) is 9.84 Å². The Morgan fingerprint density at radius 2 is 2.00 bits per heavy atom. The van der Waals surface area contributed by atoms with Crippen LogP contribution in [0.15, 0.2) is 24.3 Å². The molecule has 0 heterocycles. The molecule has 98 valence electrons. The largest absolute Gasteiger partial charge is 0.418 e. The van der Waals surface area contributed by atoms with Crippen LogP contribution in [0.25, 0.3) is 0 Å². The average molecular weight is 271 g/mol. The minimum absolute atomic E-state index is 0.0712. The van der Waals surface area contributed by atoms with Gasteiger partial charge in [0.15, 0.2) is 0 Å². The summed E-state index contributed by atoms with van der Waals surface area (Å²) in [5, 5.41) is 18.9. The average Bonchev–Trinajstić information content (AvgIpc) is 2.29. The molecule has 0 saturated carbocycles. The van der Waals surface area contributed by atoms with E-state index in [1.165, 1.54) is 24.3 Å². The maximum absolute atomic E-state index is 11.5. The van der Waals surface area contributed by atoms with Gasteiger partial charge in [-0.2, -0.15) is 0 Å². The molecule has 1 N–H and O–H groups in total. The normalized spacial score (nSPS) is 11.1. The summed E-state index contributed by atoms with van der Waals surface area (Å²) in [6.45, 7) is 3.25. The Kier molecular flexibility index (Phi) is 4.69. The third-order valence-electron chi connectivity index (χ3n) is 1.99. The van der Waals surface area contributed by atoms with Gasteiger partial charge in [-0.15, -0.1) is 0 Å². The number of hydrogen-bond acceptors (Lipinski definition) is 6. The van der Waals surface area contributed by atoms with Crippen molar-refractivity contribution in [3.63, 3.8) is 0 Å². The van der Waals surface area contributed by atoms with Gasteiger partial charge in [-0.1, -0.05) is 0 Å². The zero-order valence-corrected chi connectivity index (χ0v) is 10.8. The first-order chi connectivity index (χ1) is 8.34. The van der Waals surface area contributed by atoms with Gasteiger partial charge >= 0.3 is 5.30 Å². The molecule has 0 aromatic heterocycles. The lowest BCUT2D eigenvalue weighted by Gasteiger charge is -2.18. The van der Waals surface area contributed by atoms with Crippen LogP contribution >= 0.6 is 11.8 Å². The lowest BCUT2D eigenvalue weighted by molar-refractivity contribution is -0.384. The van der Waals surface area contributed by atoms with Crippen LogP contribution in [-0.2, 0) is 0 Å². The first-order valence-corrected chi connectivity index (χ1v) is 5.92. The number of non-ortho nitro benzene ring substituents is 1. The Balaban J connectivity index is 2.63. The number of nitro benzene ring substituents is 1. The number of aliphatic hydroxyl groups is 1. The maximum Gasteiger partial charge on any atom is 0.373 e. The molecule has 1 aromatic rings. The van der Waals surface area contributed by atoms with E-state index in [0.717, 1.165) is 11.8 Å². The van der Waals surface area contributed by atoms with Crippen molar-refractivity contribution < 1.29 is 19.6 Å². The zero-order valence-electron chi connectivity index (χ0n) is 9.95. The van der Waals surface area contributed by atoms with Gasteiger partial charge < -0.3 is 9.84 Å². The Morgan fingerprint density at radius 1 is 1.44 bits per heavy atom. The molecule has 0 aliphatic heterocycles. The number of carbonyl (C=O) groups is 1. The third-order valence-corrected chi connectivity index (χ3v) is 2.92. The van der Waals surface area contributed by atoms with E-state index >= 15 is 0 Å². The highest BCUT2D eigenvalue weighted by molar-refractivity contribution is 8.14. The molecule has 18 heavy (non-hydrogen) atoms. The highest BCUT2D eigenvalue weighted by atomic mass is 32.2.